The first-order valence-corrected chi connectivity index (χ1v) is 8.67. The third-order valence-electron chi connectivity index (χ3n) is 3.45. The van der Waals surface area contributed by atoms with E-state index in [0.29, 0.717) is 17.3 Å². The standard InChI is InChI=1S/C18H15N3O4S/c1-2-25-15(22)8-5-12-3-6-13(7-4-12)20-16(23)14-11-19-18-21(17(14)24)9-10-26-18/h3-11H,2H2,1H3,(H,20,23)/b8-5+. The predicted octanol–water partition coefficient (Wildman–Crippen LogP) is 2.58. The van der Waals surface area contributed by atoms with Gasteiger partial charge in [-0.15, -0.1) is 11.3 Å². The van der Waals surface area contributed by atoms with Crippen LogP contribution in [-0.4, -0.2) is 27.9 Å². The lowest BCUT2D eigenvalue weighted by molar-refractivity contribution is -0.137. The summed E-state index contributed by atoms with van der Waals surface area (Å²) in [4.78, 5) is 40.6. The van der Waals surface area contributed by atoms with Gasteiger partial charge in [0.1, 0.15) is 5.56 Å². The zero-order valence-electron chi connectivity index (χ0n) is 13.8. The van der Waals surface area contributed by atoms with Gasteiger partial charge in [-0.25, -0.2) is 9.78 Å². The number of carbonyl (C=O) groups is 2. The number of aromatic nitrogens is 2. The molecule has 2 heterocycles. The van der Waals surface area contributed by atoms with E-state index < -0.39 is 17.4 Å². The van der Waals surface area contributed by atoms with E-state index in [4.69, 9.17) is 4.74 Å². The van der Waals surface area contributed by atoms with Gasteiger partial charge in [-0.05, 0) is 30.7 Å². The van der Waals surface area contributed by atoms with Crippen LogP contribution >= 0.6 is 11.3 Å². The molecule has 2 aromatic heterocycles. The molecule has 0 bridgehead atoms. The molecule has 3 aromatic rings. The van der Waals surface area contributed by atoms with Crippen molar-refractivity contribution in [2.24, 2.45) is 0 Å². The van der Waals surface area contributed by atoms with Crippen molar-refractivity contribution in [2.75, 3.05) is 11.9 Å². The highest BCUT2D eigenvalue weighted by molar-refractivity contribution is 7.15. The molecule has 0 spiro atoms. The van der Waals surface area contributed by atoms with Crippen LogP contribution in [0.1, 0.15) is 22.8 Å². The summed E-state index contributed by atoms with van der Waals surface area (Å²) in [5.41, 5.74) is 0.852. The molecule has 3 rings (SSSR count). The van der Waals surface area contributed by atoms with Gasteiger partial charge in [-0.2, -0.15) is 0 Å². The second-order valence-corrected chi connectivity index (χ2v) is 6.07. The highest BCUT2D eigenvalue weighted by Crippen LogP contribution is 2.12. The minimum atomic E-state index is -0.530. The lowest BCUT2D eigenvalue weighted by atomic mass is 10.2. The molecular weight excluding hydrogens is 354 g/mol. The molecule has 0 radical (unpaired) electrons. The molecule has 0 aliphatic rings. The lowest BCUT2D eigenvalue weighted by Crippen LogP contribution is -2.25. The molecule has 8 heteroatoms. The summed E-state index contributed by atoms with van der Waals surface area (Å²) in [7, 11) is 0. The number of carbonyl (C=O) groups excluding carboxylic acids is 2. The van der Waals surface area contributed by atoms with Gasteiger partial charge in [0.15, 0.2) is 4.96 Å². The SMILES string of the molecule is CCOC(=O)/C=C/c1ccc(NC(=O)c2cnc3sccn3c2=O)cc1. The van der Waals surface area contributed by atoms with Gasteiger partial charge in [0, 0.05) is 29.5 Å². The molecule has 0 unspecified atom stereocenters. The van der Waals surface area contributed by atoms with Gasteiger partial charge in [-0.3, -0.25) is 14.0 Å². The highest BCUT2D eigenvalue weighted by Gasteiger charge is 2.13. The third-order valence-corrected chi connectivity index (χ3v) is 4.23. The highest BCUT2D eigenvalue weighted by atomic mass is 32.1. The smallest absolute Gasteiger partial charge is 0.330 e. The Labute approximate surface area is 152 Å². The van der Waals surface area contributed by atoms with Gasteiger partial charge in [0.25, 0.3) is 11.5 Å². The summed E-state index contributed by atoms with van der Waals surface area (Å²) < 4.78 is 6.14. The molecule has 0 aliphatic heterocycles. The first-order chi connectivity index (χ1) is 12.6. The zero-order valence-corrected chi connectivity index (χ0v) is 14.7. The molecule has 0 aliphatic carbocycles. The predicted molar refractivity (Wildman–Crippen MR) is 99.4 cm³/mol. The maximum Gasteiger partial charge on any atom is 0.330 e. The van der Waals surface area contributed by atoms with Gasteiger partial charge in [0.05, 0.1) is 6.61 Å². The molecule has 0 saturated heterocycles. The summed E-state index contributed by atoms with van der Waals surface area (Å²) in [6.07, 6.45) is 5.81. The Balaban J connectivity index is 1.72. The number of thiazole rings is 1. The average Bonchev–Trinajstić information content (AvgIpc) is 3.11. The Hall–Kier alpha value is -3.26. The van der Waals surface area contributed by atoms with E-state index in [-0.39, 0.29) is 5.56 Å². The summed E-state index contributed by atoms with van der Waals surface area (Å²) in [5, 5.41) is 4.39. The molecule has 26 heavy (non-hydrogen) atoms. The number of fused-ring (bicyclic) bond motifs is 1. The Morgan fingerprint density at radius 2 is 2.08 bits per heavy atom. The van der Waals surface area contributed by atoms with Gasteiger partial charge in [0.2, 0.25) is 0 Å². The fourth-order valence-electron chi connectivity index (χ4n) is 2.21. The van der Waals surface area contributed by atoms with Crippen molar-refractivity contribution in [1.29, 1.82) is 0 Å². The van der Waals surface area contributed by atoms with Crippen LogP contribution in [0.15, 0.2) is 52.9 Å². The van der Waals surface area contributed by atoms with Crippen molar-refractivity contribution in [3.63, 3.8) is 0 Å². The molecule has 0 fully saturated rings. The number of nitrogens with one attached hydrogen (secondary N) is 1. The Bertz CT molecular complexity index is 1030. The molecular formula is C18H15N3O4S. The summed E-state index contributed by atoms with van der Waals surface area (Å²) in [5.74, 6) is -0.945. The van der Waals surface area contributed by atoms with Crippen molar-refractivity contribution < 1.29 is 14.3 Å². The topological polar surface area (TPSA) is 89.8 Å². The number of ether oxygens (including phenoxy) is 1. The minimum Gasteiger partial charge on any atom is -0.463 e. The van der Waals surface area contributed by atoms with E-state index in [1.165, 1.54) is 28.0 Å². The van der Waals surface area contributed by atoms with E-state index in [1.807, 2.05) is 0 Å². The first kappa shape index (κ1) is 17.6. The molecule has 0 atom stereocenters. The van der Waals surface area contributed by atoms with Crippen molar-refractivity contribution in [1.82, 2.24) is 9.38 Å². The average molecular weight is 369 g/mol. The minimum absolute atomic E-state index is 0.0350. The van der Waals surface area contributed by atoms with Crippen molar-refractivity contribution in [2.45, 2.75) is 6.92 Å². The molecule has 0 saturated carbocycles. The van der Waals surface area contributed by atoms with Crippen LogP contribution in [0.3, 0.4) is 0 Å². The third kappa shape index (κ3) is 3.86. The Morgan fingerprint density at radius 1 is 1.31 bits per heavy atom. The van der Waals surface area contributed by atoms with Crippen LogP contribution in [-0.2, 0) is 9.53 Å². The van der Waals surface area contributed by atoms with Gasteiger partial charge >= 0.3 is 5.97 Å². The van der Waals surface area contributed by atoms with Crippen molar-refractivity contribution in [3.8, 4) is 0 Å². The van der Waals surface area contributed by atoms with Crippen LogP contribution in [0.25, 0.3) is 11.0 Å². The van der Waals surface area contributed by atoms with E-state index in [0.717, 1.165) is 5.56 Å². The Kier molecular flexibility index (Phi) is 5.23. The van der Waals surface area contributed by atoms with Crippen LogP contribution in [0, 0.1) is 0 Å². The number of esters is 1. The number of hydrogen-bond acceptors (Lipinski definition) is 6. The van der Waals surface area contributed by atoms with Crippen molar-refractivity contribution >= 4 is 39.9 Å². The lowest BCUT2D eigenvalue weighted by Gasteiger charge is -2.05. The Morgan fingerprint density at radius 3 is 2.81 bits per heavy atom. The number of hydrogen-bond donors (Lipinski definition) is 1. The van der Waals surface area contributed by atoms with E-state index in [1.54, 1.807) is 48.8 Å². The molecule has 132 valence electrons. The van der Waals surface area contributed by atoms with E-state index in [9.17, 15) is 14.4 Å². The largest absolute Gasteiger partial charge is 0.463 e. The van der Waals surface area contributed by atoms with E-state index >= 15 is 0 Å². The number of rotatable bonds is 5. The summed E-state index contributed by atoms with van der Waals surface area (Å²) in [6, 6.07) is 6.82. The molecule has 1 aromatic carbocycles. The quantitative estimate of drug-likeness (QED) is 0.551. The van der Waals surface area contributed by atoms with Crippen LogP contribution in [0.2, 0.25) is 0 Å². The van der Waals surface area contributed by atoms with E-state index in [2.05, 4.69) is 10.3 Å². The monoisotopic (exact) mass is 369 g/mol. The number of anilines is 1. The molecule has 7 nitrogen and oxygen atoms in total. The maximum absolute atomic E-state index is 12.3. The number of benzene rings is 1. The fourth-order valence-corrected chi connectivity index (χ4v) is 2.89. The first-order valence-electron chi connectivity index (χ1n) is 7.79. The number of nitrogens with zero attached hydrogens (tertiary/aromatic N) is 2. The van der Waals surface area contributed by atoms with Crippen LogP contribution in [0.4, 0.5) is 5.69 Å². The van der Waals surface area contributed by atoms with Crippen LogP contribution < -0.4 is 10.9 Å². The van der Waals surface area contributed by atoms with Gasteiger partial charge < -0.3 is 10.1 Å². The zero-order chi connectivity index (χ0) is 18.5. The maximum atomic E-state index is 12.3. The molecule has 1 amide bonds. The number of amides is 1. The van der Waals surface area contributed by atoms with Gasteiger partial charge in [-0.1, -0.05) is 12.1 Å². The summed E-state index contributed by atoms with van der Waals surface area (Å²) >= 11 is 1.32. The fraction of sp³-hybridized carbons (Fsp3) is 0.111. The molecule has 1 N–H and O–H groups in total. The van der Waals surface area contributed by atoms with Crippen LogP contribution in [0.5, 0.6) is 0 Å². The van der Waals surface area contributed by atoms with Crippen molar-refractivity contribution in [3.05, 3.63) is 69.6 Å². The second kappa shape index (κ2) is 7.75. The second-order valence-electron chi connectivity index (χ2n) is 5.19. The normalized spacial score (nSPS) is 11.0. The summed E-state index contributed by atoms with van der Waals surface area (Å²) in [6.45, 7) is 2.06.